The molecule has 0 unspecified atom stereocenters. The molecule has 0 saturated carbocycles. The molecule has 0 radical (unpaired) electrons. The molecule has 7 heteroatoms. The number of rotatable bonds is 10. The van der Waals surface area contributed by atoms with Gasteiger partial charge in [0, 0.05) is 0 Å². The van der Waals surface area contributed by atoms with E-state index in [4.69, 9.17) is 0 Å². The van der Waals surface area contributed by atoms with Crippen LogP contribution in [0, 0.1) is 0 Å². The maximum absolute atomic E-state index is 3.42. The van der Waals surface area contributed by atoms with Crippen molar-refractivity contribution in [3.63, 3.8) is 0 Å². The Morgan fingerprint density at radius 2 is 0.686 bits per heavy atom. The van der Waals surface area contributed by atoms with Crippen LogP contribution in [0.15, 0.2) is 12.1 Å². The second-order valence-corrected chi connectivity index (χ2v) is 51.8. The third-order valence-electron chi connectivity index (χ3n) is 7.54. The molecule has 0 heterocycles. The monoisotopic (exact) mass is 644 g/mol. The maximum atomic E-state index is 3.42. The first kappa shape index (κ1) is 33.9. The van der Waals surface area contributed by atoms with Gasteiger partial charge >= 0.3 is 237 Å². The Balaban J connectivity index is 4.43. The summed E-state index contributed by atoms with van der Waals surface area (Å²) in [6.07, 6.45) is 0. The van der Waals surface area contributed by atoms with E-state index in [1.54, 1.807) is 22.3 Å². The molecule has 0 fully saturated rings. The minimum atomic E-state index is -1.44. The fourth-order valence-corrected chi connectivity index (χ4v) is 47.0. The van der Waals surface area contributed by atoms with Crippen LogP contribution < -0.4 is 0 Å². The molecule has 0 aliphatic rings. The third kappa shape index (κ3) is 8.45. The van der Waals surface area contributed by atoms with E-state index in [0.29, 0.717) is 0 Å². The van der Waals surface area contributed by atoms with Crippen LogP contribution in [0.1, 0.15) is 37.7 Å². The Morgan fingerprint density at radius 3 is 0.857 bits per heavy atom. The molecule has 202 valence electrons. The molecule has 0 N–H and O–H groups in total. The Hall–Kier alpha value is 0.911. The van der Waals surface area contributed by atoms with Crippen molar-refractivity contribution in [2.45, 2.75) is 133 Å². The Bertz CT molecular complexity index is 801. The van der Waals surface area contributed by atoms with E-state index in [1.807, 2.05) is 0 Å². The zero-order valence-corrected chi connectivity index (χ0v) is 34.6. The van der Waals surface area contributed by atoms with Gasteiger partial charge in [-0.3, -0.25) is 0 Å². The summed E-state index contributed by atoms with van der Waals surface area (Å²) < 4.78 is 0. The van der Waals surface area contributed by atoms with Gasteiger partial charge in [0.2, 0.25) is 0 Å². The van der Waals surface area contributed by atoms with Gasteiger partial charge in [-0.15, -0.1) is 0 Å². The van der Waals surface area contributed by atoms with Gasteiger partial charge in [-0.25, -0.2) is 0 Å². The van der Waals surface area contributed by atoms with Gasteiger partial charge in [-0.05, 0) is 0 Å². The molecule has 0 nitrogen and oxygen atoms in total. The number of benzene rings is 1. The van der Waals surface area contributed by atoms with E-state index < -0.39 is 48.4 Å². The first-order valence-electron chi connectivity index (χ1n) is 13.8. The summed E-state index contributed by atoms with van der Waals surface area (Å²) in [5.74, 6) is 0. The summed E-state index contributed by atoms with van der Waals surface area (Å²) in [5, 5.41) is 2.32. The first-order valence-corrected chi connectivity index (χ1v) is 36.2. The molecule has 0 amide bonds. The van der Waals surface area contributed by atoms with Gasteiger partial charge < -0.3 is 0 Å². The van der Waals surface area contributed by atoms with Gasteiger partial charge in [0.15, 0.2) is 0 Å². The van der Waals surface area contributed by atoms with E-state index in [-0.39, 0.29) is 0 Å². The fraction of sp³-hybridized carbons (Fsp3) is 0.750. The molecule has 0 bridgehead atoms. The summed E-state index contributed by atoms with van der Waals surface area (Å²) in [4.78, 5) is 2.41. The second kappa shape index (κ2) is 10.8. The van der Waals surface area contributed by atoms with E-state index in [9.17, 15) is 0 Å². The fourth-order valence-electron chi connectivity index (χ4n) is 8.27. The molecule has 0 saturated heterocycles. The first-order chi connectivity index (χ1) is 15.1. The van der Waals surface area contributed by atoms with Gasteiger partial charge in [0.25, 0.3) is 0 Å². The molecular formula is C28H60SeSi6. The van der Waals surface area contributed by atoms with Crippen LogP contribution in [0.4, 0.5) is 0 Å². The van der Waals surface area contributed by atoms with Crippen LogP contribution in [0.2, 0.25) is 118 Å². The summed E-state index contributed by atoms with van der Waals surface area (Å²) >= 11 is 3.42. The average molecular weight is 644 g/mol. The van der Waals surface area contributed by atoms with Crippen molar-refractivity contribution in [3.8, 4) is 0 Å². The van der Waals surface area contributed by atoms with Crippen LogP contribution in [0.25, 0.3) is 0 Å². The third-order valence-corrected chi connectivity index (χ3v) is 35.9. The van der Waals surface area contributed by atoms with Crippen molar-refractivity contribution < 1.29 is 0 Å². The standard InChI is InChI=1S/C28H60SeSi6/c1-30(2,3)26(31(4,5)6)22-19-23(27(32(7,8)9)33(10,11)12)25(21-29)24(20-22)28(34(13,14)15)35(16,17)18/h19-21,26-28H,1-18H3. The molecule has 0 aromatic heterocycles. The molecule has 0 aliphatic carbocycles. The van der Waals surface area contributed by atoms with Crippen LogP contribution in [-0.4, -0.2) is 68.9 Å². The zero-order valence-electron chi connectivity index (χ0n) is 26.9. The predicted molar refractivity (Wildman–Crippen MR) is 186 cm³/mol. The van der Waals surface area contributed by atoms with Crippen molar-refractivity contribution in [2.24, 2.45) is 0 Å². The van der Waals surface area contributed by atoms with Gasteiger partial charge in [0.1, 0.15) is 0 Å². The van der Waals surface area contributed by atoms with Crippen LogP contribution >= 0.6 is 0 Å². The summed E-state index contributed by atoms with van der Waals surface area (Å²) in [6.45, 7) is 47.4. The van der Waals surface area contributed by atoms with Gasteiger partial charge in [-0.1, -0.05) is 0 Å². The van der Waals surface area contributed by atoms with Crippen LogP contribution in [-0.2, 0) is 0 Å². The molecule has 0 aliphatic heterocycles. The van der Waals surface area contributed by atoms with Gasteiger partial charge in [0.05, 0.1) is 0 Å². The molecular weight excluding hydrogens is 584 g/mol. The van der Waals surface area contributed by atoms with Crippen molar-refractivity contribution in [1.29, 1.82) is 0 Å². The van der Waals surface area contributed by atoms with Gasteiger partial charge in [-0.2, -0.15) is 0 Å². The molecule has 0 spiro atoms. The summed E-state index contributed by atoms with van der Waals surface area (Å²) in [7, 11) is -8.55. The van der Waals surface area contributed by atoms with Crippen molar-refractivity contribution in [1.82, 2.24) is 0 Å². The number of hydrogen-bond donors (Lipinski definition) is 0. The predicted octanol–water partition coefficient (Wildman–Crippen LogP) is 9.52. The minimum absolute atomic E-state index is 0.765. The van der Waals surface area contributed by atoms with E-state index in [1.165, 1.54) is 0 Å². The second-order valence-electron chi connectivity index (χ2n) is 17.7. The normalized spacial score (nSPS) is 14.9. The SMILES string of the molecule is C[Si](C)(C)C(c1cc(C([Si](C)(C)C)[Si](C)(C)C)c(C=[Se])c(C([Si](C)(C)C)[Si](C)(C)C)c1)[Si](C)(C)C. The topological polar surface area (TPSA) is 0 Å². The number of hydrogen-bond acceptors (Lipinski definition) is 0. The molecule has 1 rings (SSSR count). The Morgan fingerprint density at radius 1 is 0.457 bits per heavy atom. The van der Waals surface area contributed by atoms with Crippen molar-refractivity contribution in [2.75, 3.05) is 0 Å². The van der Waals surface area contributed by atoms with Crippen molar-refractivity contribution >= 4 is 68.9 Å². The molecule has 1 aromatic carbocycles. The molecule has 1 aromatic rings. The Labute approximate surface area is 235 Å². The van der Waals surface area contributed by atoms with E-state index in [0.717, 1.165) is 15.5 Å². The summed E-state index contributed by atoms with van der Waals surface area (Å²) in [6, 6.07) is 5.56. The van der Waals surface area contributed by atoms with Crippen LogP contribution in [0.5, 0.6) is 0 Å². The van der Waals surface area contributed by atoms with Crippen LogP contribution in [0.3, 0.4) is 0 Å². The summed E-state index contributed by atoms with van der Waals surface area (Å²) in [5.41, 5.74) is 6.79. The van der Waals surface area contributed by atoms with E-state index >= 15 is 0 Å². The van der Waals surface area contributed by atoms with E-state index in [2.05, 4.69) is 150 Å². The Kier molecular flexibility index (Phi) is 10.5. The molecule has 0 atom stereocenters. The zero-order chi connectivity index (χ0) is 28.2. The quantitative estimate of drug-likeness (QED) is 0.223. The van der Waals surface area contributed by atoms with Crippen molar-refractivity contribution in [3.05, 3.63) is 34.4 Å². The average Bonchev–Trinajstić information content (AvgIpc) is 2.45. The molecule has 35 heavy (non-hydrogen) atoms.